The van der Waals surface area contributed by atoms with Crippen LogP contribution in [0.3, 0.4) is 0 Å². The molecule has 3 N–H and O–H groups in total. The third-order valence-corrected chi connectivity index (χ3v) is 5.93. The SMILES string of the molecule is O=C(NC1(C(=O)NCc2ncc(Nc3ccc(F)cc3C(F)(F)F)cc2Cl)CCOC1)c1ccccn1. The molecule has 4 rings (SSSR count). The van der Waals surface area contributed by atoms with Crippen LogP contribution in [0.25, 0.3) is 0 Å². The summed E-state index contributed by atoms with van der Waals surface area (Å²) in [6, 6.07) is 8.39. The fraction of sp³-hybridized carbons (Fsp3) is 0.250. The standard InChI is InChI=1S/C24H20ClF4N5O3/c25-17-10-15(33-18-5-4-14(26)9-16(18)24(27,28)29)11-31-20(17)12-32-22(36)23(6-8-37-13-23)34-21(35)19-3-1-2-7-30-19/h1-5,7,9-11,33H,6,8,12-13H2,(H,32,36)(H,34,35). The summed E-state index contributed by atoms with van der Waals surface area (Å²) in [6.45, 7) is 0.0999. The Morgan fingerprint density at radius 3 is 2.59 bits per heavy atom. The van der Waals surface area contributed by atoms with E-state index in [1.54, 1.807) is 12.1 Å². The second-order valence-corrected chi connectivity index (χ2v) is 8.61. The Bertz CT molecular complexity index is 1300. The zero-order valence-corrected chi connectivity index (χ0v) is 19.8. The highest BCUT2D eigenvalue weighted by Crippen LogP contribution is 2.36. The Labute approximate surface area is 213 Å². The van der Waals surface area contributed by atoms with Gasteiger partial charge in [0, 0.05) is 19.2 Å². The Kier molecular flexibility index (Phi) is 7.60. The molecule has 3 aromatic rings. The first-order valence-corrected chi connectivity index (χ1v) is 11.3. The molecule has 0 spiro atoms. The Morgan fingerprint density at radius 1 is 1.14 bits per heavy atom. The quantitative estimate of drug-likeness (QED) is 0.390. The number of amides is 2. The molecule has 1 aliphatic heterocycles. The van der Waals surface area contributed by atoms with E-state index in [1.807, 2.05) is 0 Å². The van der Waals surface area contributed by atoms with Crippen LogP contribution in [0.4, 0.5) is 28.9 Å². The van der Waals surface area contributed by atoms with E-state index < -0.39 is 34.9 Å². The molecule has 1 aliphatic rings. The number of alkyl halides is 3. The molecule has 13 heteroatoms. The first-order chi connectivity index (χ1) is 17.6. The van der Waals surface area contributed by atoms with Crippen LogP contribution >= 0.6 is 11.6 Å². The van der Waals surface area contributed by atoms with Crippen molar-refractivity contribution in [2.45, 2.75) is 24.7 Å². The van der Waals surface area contributed by atoms with Crippen LogP contribution in [-0.2, 0) is 22.3 Å². The summed E-state index contributed by atoms with van der Waals surface area (Å²) in [4.78, 5) is 33.7. The van der Waals surface area contributed by atoms with Crippen LogP contribution in [0.1, 0.15) is 28.2 Å². The average Bonchev–Trinajstić information content (AvgIpc) is 3.34. The molecule has 1 fully saturated rings. The largest absolute Gasteiger partial charge is 0.418 e. The van der Waals surface area contributed by atoms with Gasteiger partial charge < -0.3 is 20.7 Å². The Hall–Kier alpha value is -3.77. The maximum Gasteiger partial charge on any atom is 0.418 e. The summed E-state index contributed by atoms with van der Waals surface area (Å²) in [5.41, 5.74) is -2.37. The predicted molar refractivity (Wildman–Crippen MR) is 126 cm³/mol. The van der Waals surface area contributed by atoms with Gasteiger partial charge in [-0.25, -0.2) is 4.39 Å². The first kappa shape index (κ1) is 26.3. The molecule has 0 radical (unpaired) electrons. The van der Waals surface area contributed by atoms with Gasteiger partial charge in [0.25, 0.3) is 5.91 Å². The van der Waals surface area contributed by atoms with Gasteiger partial charge in [0.05, 0.1) is 47.0 Å². The van der Waals surface area contributed by atoms with E-state index in [0.717, 1.165) is 12.1 Å². The van der Waals surface area contributed by atoms with Gasteiger partial charge in [0.2, 0.25) is 5.91 Å². The summed E-state index contributed by atoms with van der Waals surface area (Å²) in [6.07, 6.45) is -1.86. The number of anilines is 2. The van der Waals surface area contributed by atoms with Crippen molar-refractivity contribution in [2.24, 2.45) is 0 Å². The summed E-state index contributed by atoms with van der Waals surface area (Å²) >= 11 is 6.25. The fourth-order valence-electron chi connectivity index (χ4n) is 3.69. The highest BCUT2D eigenvalue weighted by atomic mass is 35.5. The summed E-state index contributed by atoms with van der Waals surface area (Å²) in [7, 11) is 0. The molecule has 8 nitrogen and oxygen atoms in total. The number of aromatic nitrogens is 2. The predicted octanol–water partition coefficient (Wildman–Crippen LogP) is 4.24. The highest BCUT2D eigenvalue weighted by molar-refractivity contribution is 6.31. The fourth-order valence-corrected chi connectivity index (χ4v) is 3.92. The summed E-state index contributed by atoms with van der Waals surface area (Å²) in [5.74, 6) is -2.08. The van der Waals surface area contributed by atoms with Crippen molar-refractivity contribution in [3.63, 3.8) is 0 Å². The molecule has 2 amide bonds. The summed E-state index contributed by atoms with van der Waals surface area (Å²) < 4.78 is 58.5. The number of nitrogens with zero attached hydrogens (tertiary/aromatic N) is 2. The van der Waals surface area contributed by atoms with Crippen molar-refractivity contribution in [3.05, 3.63) is 82.6 Å². The molecule has 1 unspecified atom stereocenters. The van der Waals surface area contributed by atoms with Crippen LogP contribution < -0.4 is 16.0 Å². The molecule has 1 atom stereocenters. The number of pyridine rings is 2. The molecule has 37 heavy (non-hydrogen) atoms. The van der Waals surface area contributed by atoms with Gasteiger partial charge in [-0.05, 0) is 36.4 Å². The van der Waals surface area contributed by atoms with Gasteiger partial charge in [-0.2, -0.15) is 13.2 Å². The lowest BCUT2D eigenvalue weighted by Gasteiger charge is -2.27. The minimum Gasteiger partial charge on any atom is -0.378 e. The molecule has 0 aliphatic carbocycles. The van der Waals surface area contributed by atoms with Gasteiger partial charge >= 0.3 is 6.18 Å². The zero-order chi connectivity index (χ0) is 26.6. The smallest absolute Gasteiger partial charge is 0.378 e. The maximum absolute atomic E-state index is 13.3. The van der Waals surface area contributed by atoms with E-state index in [4.69, 9.17) is 16.3 Å². The van der Waals surface area contributed by atoms with Crippen molar-refractivity contribution in [1.82, 2.24) is 20.6 Å². The van der Waals surface area contributed by atoms with Crippen LogP contribution in [0.5, 0.6) is 0 Å². The van der Waals surface area contributed by atoms with Crippen molar-refractivity contribution < 1.29 is 31.9 Å². The molecular formula is C24H20ClF4N5O3. The van der Waals surface area contributed by atoms with Crippen molar-refractivity contribution in [3.8, 4) is 0 Å². The van der Waals surface area contributed by atoms with E-state index in [2.05, 4.69) is 25.9 Å². The molecule has 0 bridgehead atoms. The Balaban J connectivity index is 1.44. The van der Waals surface area contributed by atoms with Crippen molar-refractivity contribution in [1.29, 1.82) is 0 Å². The van der Waals surface area contributed by atoms with Gasteiger partial charge in [-0.3, -0.25) is 19.6 Å². The lowest BCUT2D eigenvalue weighted by molar-refractivity contribution is -0.137. The van der Waals surface area contributed by atoms with E-state index in [-0.39, 0.29) is 54.0 Å². The molecule has 194 valence electrons. The van der Waals surface area contributed by atoms with Crippen LogP contribution in [-0.4, -0.2) is 40.5 Å². The molecule has 3 heterocycles. The number of carbonyl (C=O) groups excluding carboxylic acids is 2. The second-order valence-electron chi connectivity index (χ2n) is 8.20. The van der Waals surface area contributed by atoms with Crippen LogP contribution in [0.15, 0.2) is 54.9 Å². The van der Waals surface area contributed by atoms with E-state index in [0.29, 0.717) is 6.07 Å². The average molecular weight is 538 g/mol. The van der Waals surface area contributed by atoms with Crippen molar-refractivity contribution in [2.75, 3.05) is 18.5 Å². The summed E-state index contributed by atoms with van der Waals surface area (Å²) in [5, 5.41) is 7.97. The van der Waals surface area contributed by atoms with E-state index >= 15 is 0 Å². The van der Waals surface area contributed by atoms with Gasteiger partial charge in [-0.1, -0.05) is 17.7 Å². The molecule has 2 aromatic heterocycles. The van der Waals surface area contributed by atoms with Gasteiger partial charge in [0.15, 0.2) is 0 Å². The van der Waals surface area contributed by atoms with Crippen molar-refractivity contribution >= 4 is 34.8 Å². The van der Waals surface area contributed by atoms with Gasteiger partial charge in [-0.15, -0.1) is 0 Å². The topological polar surface area (TPSA) is 105 Å². The molecular weight excluding hydrogens is 518 g/mol. The lowest BCUT2D eigenvalue weighted by atomic mass is 9.97. The number of benzene rings is 1. The van der Waals surface area contributed by atoms with Crippen LogP contribution in [0, 0.1) is 5.82 Å². The second kappa shape index (κ2) is 10.7. The monoisotopic (exact) mass is 537 g/mol. The number of hydrogen-bond donors (Lipinski definition) is 3. The number of nitrogens with one attached hydrogen (secondary N) is 3. The first-order valence-electron chi connectivity index (χ1n) is 11.0. The number of hydrogen-bond acceptors (Lipinski definition) is 6. The lowest BCUT2D eigenvalue weighted by Crippen LogP contribution is -2.59. The normalized spacial score (nSPS) is 17.3. The molecule has 1 saturated heterocycles. The molecule has 0 saturated carbocycles. The minimum absolute atomic E-state index is 0.0410. The van der Waals surface area contributed by atoms with E-state index in [1.165, 1.54) is 24.5 Å². The highest BCUT2D eigenvalue weighted by Gasteiger charge is 2.44. The Morgan fingerprint density at radius 2 is 1.95 bits per heavy atom. The maximum atomic E-state index is 13.3. The van der Waals surface area contributed by atoms with E-state index in [9.17, 15) is 27.2 Å². The number of ether oxygens (including phenoxy) is 1. The third-order valence-electron chi connectivity index (χ3n) is 5.61. The number of halogens is 5. The third kappa shape index (κ3) is 6.15. The zero-order valence-electron chi connectivity index (χ0n) is 19.0. The van der Waals surface area contributed by atoms with Crippen LogP contribution in [0.2, 0.25) is 5.02 Å². The number of rotatable bonds is 7. The minimum atomic E-state index is -4.78. The number of carbonyl (C=O) groups is 2. The molecule has 1 aromatic carbocycles. The van der Waals surface area contributed by atoms with Gasteiger partial charge in [0.1, 0.15) is 17.1 Å².